The highest BCUT2D eigenvalue weighted by molar-refractivity contribution is 5.81. The van der Waals surface area contributed by atoms with Gasteiger partial charge in [-0.05, 0) is 31.0 Å². The van der Waals surface area contributed by atoms with Gasteiger partial charge < -0.3 is 15.2 Å². The van der Waals surface area contributed by atoms with Crippen LogP contribution in [-0.4, -0.2) is 11.5 Å². The second kappa shape index (κ2) is 4.73. The van der Waals surface area contributed by atoms with Crippen molar-refractivity contribution in [3.63, 3.8) is 0 Å². The zero-order valence-corrected chi connectivity index (χ0v) is 9.54. The summed E-state index contributed by atoms with van der Waals surface area (Å²) in [7, 11) is 0. The predicted molar refractivity (Wildman–Crippen MR) is 60.8 cm³/mol. The van der Waals surface area contributed by atoms with Gasteiger partial charge in [-0.2, -0.15) is 0 Å². The molecule has 0 bridgehead atoms. The van der Waals surface area contributed by atoms with Crippen LogP contribution in [0.2, 0.25) is 0 Å². The van der Waals surface area contributed by atoms with E-state index in [1.54, 1.807) is 12.1 Å². The Hall–Kier alpha value is -1.58. The number of carbonyl (C=O) groups is 1. The van der Waals surface area contributed by atoms with Gasteiger partial charge in [0.1, 0.15) is 5.82 Å². The fourth-order valence-electron chi connectivity index (χ4n) is 2.38. The lowest BCUT2D eigenvalue weighted by Crippen LogP contribution is -2.55. The molecule has 0 amide bonds. The third kappa shape index (κ3) is 2.57. The Morgan fingerprint density at radius 1 is 1.29 bits per heavy atom. The zero-order chi connectivity index (χ0) is 12.3. The second-order valence-electron chi connectivity index (χ2n) is 4.57. The van der Waals surface area contributed by atoms with Crippen molar-refractivity contribution in [3.05, 3.63) is 30.1 Å². The summed E-state index contributed by atoms with van der Waals surface area (Å²) < 4.78 is 13.0. The highest BCUT2D eigenvalue weighted by Gasteiger charge is 2.33. The Labute approximate surface area is 99.7 Å². The number of aliphatic carboxylic acids is 1. The SMILES string of the molecule is O=C([O-])C1(Nc2cccc(F)c2)CCCCC1. The molecule has 92 valence electrons. The van der Waals surface area contributed by atoms with E-state index in [9.17, 15) is 14.3 Å². The van der Waals surface area contributed by atoms with Gasteiger partial charge in [-0.3, -0.25) is 0 Å². The van der Waals surface area contributed by atoms with Gasteiger partial charge in [-0.25, -0.2) is 4.39 Å². The van der Waals surface area contributed by atoms with Crippen molar-refractivity contribution in [1.82, 2.24) is 0 Å². The topological polar surface area (TPSA) is 52.2 Å². The molecule has 1 saturated carbocycles. The van der Waals surface area contributed by atoms with Gasteiger partial charge in [-0.1, -0.05) is 25.3 Å². The van der Waals surface area contributed by atoms with Crippen molar-refractivity contribution in [2.45, 2.75) is 37.6 Å². The Morgan fingerprint density at radius 3 is 2.59 bits per heavy atom. The minimum atomic E-state index is -1.10. The summed E-state index contributed by atoms with van der Waals surface area (Å²) in [4.78, 5) is 11.3. The predicted octanol–water partition coefficient (Wildman–Crippen LogP) is 1.69. The first-order valence-corrected chi connectivity index (χ1v) is 5.88. The number of halogens is 1. The number of nitrogens with one attached hydrogen (secondary N) is 1. The molecule has 3 nitrogen and oxygen atoms in total. The molecule has 0 atom stereocenters. The van der Waals surface area contributed by atoms with Gasteiger partial charge in [0.25, 0.3) is 0 Å². The summed E-state index contributed by atoms with van der Waals surface area (Å²) in [6.45, 7) is 0. The maximum Gasteiger partial charge on any atom is 0.125 e. The van der Waals surface area contributed by atoms with Crippen LogP contribution in [-0.2, 0) is 4.79 Å². The van der Waals surface area contributed by atoms with E-state index in [0.29, 0.717) is 18.5 Å². The molecule has 0 spiro atoms. The van der Waals surface area contributed by atoms with Gasteiger partial charge in [0, 0.05) is 5.69 Å². The molecular formula is C13H15FNO2-. The lowest BCUT2D eigenvalue weighted by atomic mass is 9.81. The Balaban J connectivity index is 2.20. The number of carboxylic acids is 1. The van der Waals surface area contributed by atoms with Crippen LogP contribution in [0.15, 0.2) is 24.3 Å². The summed E-state index contributed by atoms with van der Waals surface area (Å²) in [6.07, 6.45) is 3.82. The van der Waals surface area contributed by atoms with Crippen LogP contribution in [0.25, 0.3) is 0 Å². The van der Waals surface area contributed by atoms with E-state index < -0.39 is 11.5 Å². The summed E-state index contributed by atoms with van der Waals surface area (Å²) in [5.41, 5.74) is -0.539. The molecule has 17 heavy (non-hydrogen) atoms. The van der Waals surface area contributed by atoms with Crippen molar-refractivity contribution in [3.8, 4) is 0 Å². The van der Waals surface area contributed by atoms with Crippen molar-refractivity contribution in [2.24, 2.45) is 0 Å². The second-order valence-corrected chi connectivity index (χ2v) is 4.57. The molecule has 0 heterocycles. The summed E-state index contributed by atoms with van der Waals surface area (Å²) in [5, 5.41) is 14.2. The molecule has 1 aromatic rings. The van der Waals surface area contributed by atoms with Crippen LogP contribution < -0.4 is 10.4 Å². The first-order chi connectivity index (χ1) is 8.12. The molecule has 1 aliphatic rings. The Morgan fingerprint density at radius 2 is 2.00 bits per heavy atom. The van der Waals surface area contributed by atoms with Crippen LogP contribution in [0.1, 0.15) is 32.1 Å². The number of carboxylic acid groups (broad SMARTS) is 1. The van der Waals surface area contributed by atoms with Crippen LogP contribution in [0.3, 0.4) is 0 Å². The van der Waals surface area contributed by atoms with E-state index in [0.717, 1.165) is 19.3 Å². The van der Waals surface area contributed by atoms with Crippen molar-refractivity contribution < 1.29 is 14.3 Å². The molecular weight excluding hydrogens is 221 g/mol. The van der Waals surface area contributed by atoms with E-state index in [1.807, 2.05) is 0 Å². The summed E-state index contributed by atoms with van der Waals surface area (Å²) in [6, 6.07) is 5.86. The number of rotatable bonds is 3. The molecule has 0 saturated heterocycles. The molecule has 0 aliphatic heterocycles. The molecule has 1 fully saturated rings. The first kappa shape index (κ1) is 11.9. The maximum absolute atomic E-state index is 13.0. The number of anilines is 1. The fraction of sp³-hybridized carbons (Fsp3) is 0.462. The van der Waals surface area contributed by atoms with Crippen LogP contribution in [0.5, 0.6) is 0 Å². The summed E-state index contributed by atoms with van der Waals surface area (Å²) in [5.74, 6) is -1.47. The van der Waals surface area contributed by atoms with Crippen molar-refractivity contribution >= 4 is 11.7 Å². The summed E-state index contributed by atoms with van der Waals surface area (Å²) >= 11 is 0. The number of benzene rings is 1. The van der Waals surface area contributed by atoms with Crippen molar-refractivity contribution in [2.75, 3.05) is 5.32 Å². The van der Waals surface area contributed by atoms with Gasteiger partial charge in [0.15, 0.2) is 0 Å². The lowest BCUT2D eigenvalue weighted by molar-refractivity contribution is -0.313. The highest BCUT2D eigenvalue weighted by Crippen LogP contribution is 2.31. The molecule has 2 rings (SSSR count). The van der Waals surface area contributed by atoms with Gasteiger partial charge >= 0.3 is 0 Å². The monoisotopic (exact) mass is 236 g/mol. The van der Waals surface area contributed by atoms with Crippen LogP contribution >= 0.6 is 0 Å². The van der Waals surface area contributed by atoms with Gasteiger partial charge in [0.05, 0.1) is 11.5 Å². The first-order valence-electron chi connectivity index (χ1n) is 5.88. The molecule has 1 aromatic carbocycles. The smallest absolute Gasteiger partial charge is 0.125 e. The van der Waals surface area contributed by atoms with Gasteiger partial charge in [0.2, 0.25) is 0 Å². The fourth-order valence-corrected chi connectivity index (χ4v) is 2.38. The van der Waals surface area contributed by atoms with Crippen LogP contribution in [0, 0.1) is 5.82 Å². The highest BCUT2D eigenvalue weighted by atomic mass is 19.1. The molecule has 1 N–H and O–H groups in total. The average molecular weight is 236 g/mol. The average Bonchev–Trinajstić information content (AvgIpc) is 2.30. The molecule has 0 radical (unpaired) electrons. The van der Waals surface area contributed by atoms with E-state index in [1.165, 1.54) is 12.1 Å². The maximum atomic E-state index is 13.0. The molecule has 0 unspecified atom stereocenters. The lowest BCUT2D eigenvalue weighted by Gasteiger charge is -2.39. The largest absolute Gasteiger partial charge is 0.548 e. The minimum Gasteiger partial charge on any atom is -0.548 e. The van der Waals surface area contributed by atoms with Crippen LogP contribution in [0.4, 0.5) is 10.1 Å². The normalized spacial score (nSPS) is 18.6. The zero-order valence-electron chi connectivity index (χ0n) is 9.54. The molecule has 1 aliphatic carbocycles. The minimum absolute atomic E-state index is 0.376. The third-order valence-electron chi connectivity index (χ3n) is 3.31. The molecule has 0 aromatic heterocycles. The molecule has 4 heteroatoms. The van der Waals surface area contributed by atoms with E-state index >= 15 is 0 Å². The van der Waals surface area contributed by atoms with E-state index in [-0.39, 0.29) is 5.82 Å². The number of hydrogen-bond acceptors (Lipinski definition) is 3. The van der Waals surface area contributed by atoms with E-state index in [2.05, 4.69) is 5.32 Å². The third-order valence-corrected chi connectivity index (χ3v) is 3.31. The Kier molecular flexibility index (Phi) is 3.31. The van der Waals surface area contributed by atoms with Gasteiger partial charge in [-0.15, -0.1) is 0 Å². The Bertz CT molecular complexity index is 414. The quantitative estimate of drug-likeness (QED) is 0.868. The standard InChI is InChI=1S/C13H16FNO2/c14-10-5-4-6-11(9-10)15-13(12(16)17)7-2-1-3-8-13/h4-6,9,15H,1-3,7-8H2,(H,16,17)/p-1. The number of carbonyl (C=O) groups excluding carboxylic acids is 1. The van der Waals surface area contributed by atoms with E-state index in [4.69, 9.17) is 0 Å². The number of hydrogen-bond donors (Lipinski definition) is 1. The van der Waals surface area contributed by atoms with Crippen molar-refractivity contribution in [1.29, 1.82) is 0 Å².